The van der Waals surface area contributed by atoms with E-state index >= 15 is 0 Å². The van der Waals surface area contributed by atoms with E-state index < -0.39 is 9.84 Å². The number of aromatic nitrogens is 1. The van der Waals surface area contributed by atoms with Crippen molar-refractivity contribution in [1.82, 2.24) is 9.88 Å². The largest absolute Gasteiger partial charge is 0.494 e. The van der Waals surface area contributed by atoms with Crippen LogP contribution in [0.1, 0.15) is 23.7 Å². The zero-order valence-electron chi connectivity index (χ0n) is 18.2. The molecular weight excluding hydrogens is 434 g/mol. The van der Waals surface area contributed by atoms with E-state index in [9.17, 15) is 13.2 Å². The van der Waals surface area contributed by atoms with Gasteiger partial charge in [-0.2, -0.15) is 0 Å². The lowest BCUT2D eigenvalue weighted by molar-refractivity contribution is 0.0986. The molecule has 2 aromatic carbocycles. The highest BCUT2D eigenvalue weighted by Crippen LogP contribution is 2.32. The van der Waals surface area contributed by atoms with Crippen LogP contribution in [0.5, 0.6) is 5.75 Å². The zero-order chi connectivity index (χ0) is 22.6. The molecule has 0 N–H and O–H groups in total. The van der Waals surface area contributed by atoms with E-state index in [0.29, 0.717) is 23.8 Å². The molecule has 0 aliphatic carbocycles. The van der Waals surface area contributed by atoms with Crippen LogP contribution >= 0.6 is 11.3 Å². The van der Waals surface area contributed by atoms with Crippen molar-refractivity contribution in [2.75, 3.05) is 44.9 Å². The maximum absolute atomic E-state index is 13.4. The van der Waals surface area contributed by atoms with Crippen LogP contribution in [0.2, 0.25) is 0 Å². The van der Waals surface area contributed by atoms with Gasteiger partial charge in [-0.05, 0) is 70.4 Å². The number of amides is 1. The van der Waals surface area contributed by atoms with Gasteiger partial charge in [-0.1, -0.05) is 17.4 Å². The van der Waals surface area contributed by atoms with Crippen molar-refractivity contribution in [3.8, 4) is 5.75 Å². The lowest BCUT2D eigenvalue weighted by atomic mass is 10.2. The van der Waals surface area contributed by atoms with Gasteiger partial charge in [0.1, 0.15) is 5.75 Å². The van der Waals surface area contributed by atoms with E-state index in [-0.39, 0.29) is 10.8 Å². The Labute approximate surface area is 187 Å². The molecule has 0 fully saturated rings. The fraction of sp³-hybridized carbons (Fsp3) is 0.364. The SMILES string of the molecule is CCOc1ccc2nc(N(CCCN(C)C)C(=O)c3cccc(S(C)(=O)=O)c3)sc2c1. The van der Waals surface area contributed by atoms with Crippen molar-refractivity contribution in [2.24, 2.45) is 0 Å². The molecule has 1 aromatic heterocycles. The van der Waals surface area contributed by atoms with Crippen molar-refractivity contribution in [1.29, 1.82) is 0 Å². The van der Waals surface area contributed by atoms with E-state index in [0.717, 1.165) is 35.2 Å². The number of rotatable bonds is 9. The third-order valence-corrected chi connectivity index (χ3v) is 6.78. The minimum atomic E-state index is -3.41. The van der Waals surface area contributed by atoms with Crippen LogP contribution in [0.25, 0.3) is 10.2 Å². The quantitative estimate of drug-likeness (QED) is 0.483. The van der Waals surface area contributed by atoms with Gasteiger partial charge in [0.05, 0.1) is 21.7 Å². The number of carbonyl (C=O) groups excluding carboxylic acids is 1. The number of nitrogens with zero attached hydrogens (tertiary/aromatic N) is 3. The summed E-state index contributed by atoms with van der Waals surface area (Å²) < 4.78 is 30.4. The van der Waals surface area contributed by atoms with Gasteiger partial charge in [-0.25, -0.2) is 13.4 Å². The van der Waals surface area contributed by atoms with Crippen LogP contribution in [0.3, 0.4) is 0 Å². The Morgan fingerprint density at radius 3 is 2.58 bits per heavy atom. The third kappa shape index (κ3) is 5.81. The number of sulfone groups is 1. The van der Waals surface area contributed by atoms with Crippen LogP contribution in [-0.4, -0.2) is 64.3 Å². The van der Waals surface area contributed by atoms with Gasteiger partial charge in [0.2, 0.25) is 0 Å². The Morgan fingerprint density at radius 1 is 1.13 bits per heavy atom. The molecule has 166 valence electrons. The minimum absolute atomic E-state index is 0.122. The summed E-state index contributed by atoms with van der Waals surface area (Å²) >= 11 is 1.42. The summed E-state index contributed by atoms with van der Waals surface area (Å²) in [6.07, 6.45) is 1.89. The van der Waals surface area contributed by atoms with Crippen LogP contribution in [0, 0.1) is 0 Å². The first-order chi connectivity index (χ1) is 14.7. The van der Waals surface area contributed by atoms with Gasteiger partial charge in [0, 0.05) is 18.4 Å². The van der Waals surface area contributed by atoms with Crippen molar-refractivity contribution in [2.45, 2.75) is 18.2 Å². The summed E-state index contributed by atoms with van der Waals surface area (Å²) in [5.74, 6) is 0.491. The molecule has 1 amide bonds. The Hall–Kier alpha value is -2.49. The Kier molecular flexibility index (Phi) is 7.30. The fourth-order valence-electron chi connectivity index (χ4n) is 3.11. The summed E-state index contributed by atoms with van der Waals surface area (Å²) in [5, 5.41) is 0.581. The summed E-state index contributed by atoms with van der Waals surface area (Å²) in [5.41, 5.74) is 1.11. The van der Waals surface area contributed by atoms with Gasteiger partial charge >= 0.3 is 0 Å². The fourth-order valence-corrected chi connectivity index (χ4v) is 4.79. The summed E-state index contributed by atoms with van der Waals surface area (Å²) in [6.45, 7) is 3.78. The van der Waals surface area contributed by atoms with Crippen molar-refractivity contribution < 1.29 is 17.9 Å². The average Bonchev–Trinajstić information content (AvgIpc) is 3.13. The van der Waals surface area contributed by atoms with E-state index in [2.05, 4.69) is 9.88 Å². The van der Waals surface area contributed by atoms with E-state index in [1.807, 2.05) is 39.2 Å². The number of hydrogen-bond acceptors (Lipinski definition) is 7. The van der Waals surface area contributed by atoms with Crippen molar-refractivity contribution in [3.63, 3.8) is 0 Å². The maximum Gasteiger partial charge on any atom is 0.260 e. The number of ether oxygens (including phenoxy) is 1. The number of fused-ring (bicyclic) bond motifs is 1. The molecule has 0 saturated heterocycles. The highest BCUT2D eigenvalue weighted by Gasteiger charge is 2.22. The molecule has 0 unspecified atom stereocenters. The molecule has 0 saturated carbocycles. The molecule has 0 bridgehead atoms. The van der Waals surface area contributed by atoms with Gasteiger partial charge in [-0.3, -0.25) is 9.69 Å². The summed E-state index contributed by atoms with van der Waals surface area (Å²) in [7, 11) is 0.549. The number of benzene rings is 2. The predicted molar refractivity (Wildman–Crippen MR) is 125 cm³/mol. The second kappa shape index (κ2) is 9.76. The highest BCUT2D eigenvalue weighted by molar-refractivity contribution is 7.90. The maximum atomic E-state index is 13.4. The minimum Gasteiger partial charge on any atom is -0.494 e. The van der Waals surface area contributed by atoms with Crippen LogP contribution < -0.4 is 9.64 Å². The number of anilines is 1. The van der Waals surface area contributed by atoms with E-state index in [1.54, 1.807) is 17.0 Å². The van der Waals surface area contributed by atoms with Gasteiger partial charge < -0.3 is 9.64 Å². The van der Waals surface area contributed by atoms with Gasteiger partial charge in [0.25, 0.3) is 5.91 Å². The molecule has 31 heavy (non-hydrogen) atoms. The number of hydrogen-bond donors (Lipinski definition) is 0. The van der Waals surface area contributed by atoms with Gasteiger partial charge in [-0.15, -0.1) is 0 Å². The smallest absolute Gasteiger partial charge is 0.260 e. The predicted octanol–water partition coefficient (Wildman–Crippen LogP) is 3.70. The van der Waals surface area contributed by atoms with Gasteiger partial charge in [0.15, 0.2) is 15.0 Å². The molecule has 0 aliphatic rings. The lowest BCUT2D eigenvalue weighted by Gasteiger charge is -2.21. The molecule has 0 aliphatic heterocycles. The second-order valence-electron chi connectivity index (χ2n) is 7.47. The normalized spacial score (nSPS) is 11.8. The summed E-state index contributed by atoms with van der Waals surface area (Å²) in [6, 6.07) is 11.8. The molecule has 0 spiro atoms. The molecule has 3 rings (SSSR count). The highest BCUT2D eigenvalue weighted by atomic mass is 32.2. The summed E-state index contributed by atoms with van der Waals surface area (Å²) in [4.78, 5) is 21.9. The van der Waals surface area contributed by atoms with Crippen LogP contribution in [0.15, 0.2) is 47.4 Å². The Bertz CT molecular complexity index is 1170. The lowest BCUT2D eigenvalue weighted by Crippen LogP contribution is -2.33. The number of carbonyl (C=O) groups is 1. The first-order valence-corrected chi connectivity index (χ1v) is 12.7. The van der Waals surface area contributed by atoms with E-state index in [4.69, 9.17) is 4.74 Å². The average molecular weight is 462 g/mol. The molecule has 9 heteroatoms. The topological polar surface area (TPSA) is 79.8 Å². The van der Waals surface area contributed by atoms with Crippen LogP contribution in [-0.2, 0) is 9.84 Å². The molecular formula is C22H27N3O4S2. The molecule has 7 nitrogen and oxygen atoms in total. The second-order valence-corrected chi connectivity index (χ2v) is 10.5. The monoisotopic (exact) mass is 461 g/mol. The van der Waals surface area contributed by atoms with Crippen molar-refractivity contribution >= 4 is 42.4 Å². The standard InChI is InChI=1S/C22H27N3O4S2/c1-5-29-17-10-11-19-20(15-17)30-22(23-19)25(13-7-12-24(2)3)21(26)16-8-6-9-18(14-16)31(4,27)28/h6,8-11,14-15H,5,7,12-13H2,1-4H3. The van der Waals surface area contributed by atoms with Crippen molar-refractivity contribution in [3.05, 3.63) is 48.0 Å². The Morgan fingerprint density at radius 2 is 1.90 bits per heavy atom. The molecule has 0 atom stereocenters. The molecule has 0 radical (unpaired) electrons. The van der Waals surface area contributed by atoms with E-state index in [1.165, 1.54) is 23.5 Å². The third-order valence-electron chi connectivity index (χ3n) is 4.63. The van der Waals surface area contributed by atoms with Crippen LogP contribution in [0.4, 0.5) is 5.13 Å². The zero-order valence-corrected chi connectivity index (χ0v) is 19.8. The molecule has 3 aromatic rings. The first kappa shape index (κ1) is 23.2. The molecule has 1 heterocycles. The number of thiazole rings is 1. The first-order valence-electron chi connectivity index (χ1n) is 9.99. The Balaban J connectivity index is 1.98.